The highest BCUT2D eigenvalue weighted by atomic mass is 16.5. The molecule has 0 heterocycles. The van der Waals surface area contributed by atoms with Crippen LogP contribution in [0.1, 0.15) is 38.3 Å². The second kappa shape index (κ2) is 9.27. The largest absolute Gasteiger partial charge is 0.494 e. The van der Waals surface area contributed by atoms with Gasteiger partial charge in [-0.2, -0.15) is 0 Å². The lowest BCUT2D eigenvalue weighted by atomic mass is 9.79. The minimum Gasteiger partial charge on any atom is -0.494 e. The first kappa shape index (κ1) is 19.1. The number of ether oxygens (including phenoxy) is 1. The highest BCUT2D eigenvalue weighted by Crippen LogP contribution is 2.27. The molecule has 0 aromatic heterocycles. The first-order chi connectivity index (χ1) is 12.0. The molecule has 2 rings (SSSR count). The fourth-order valence-electron chi connectivity index (χ4n) is 2.64. The molecule has 0 saturated carbocycles. The van der Waals surface area contributed by atoms with Crippen LogP contribution >= 0.6 is 0 Å². The van der Waals surface area contributed by atoms with Gasteiger partial charge in [0.2, 0.25) is 0 Å². The van der Waals surface area contributed by atoms with Gasteiger partial charge in [-0.15, -0.1) is 0 Å². The topological polar surface area (TPSA) is 41.5 Å². The zero-order valence-electron chi connectivity index (χ0n) is 15.3. The van der Waals surface area contributed by atoms with Gasteiger partial charge in [-0.1, -0.05) is 56.0 Å². The summed E-state index contributed by atoms with van der Waals surface area (Å²) >= 11 is 0. The molecule has 0 radical (unpaired) electrons. The second-order valence-electron chi connectivity index (χ2n) is 6.80. The van der Waals surface area contributed by atoms with Gasteiger partial charge >= 0.3 is 0 Å². The van der Waals surface area contributed by atoms with Crippen LogP contribution in [0.2, 0.25) is 0 Å². The van der Waals surface area contributed by atoms with Gasteiger partial charge in [0.05, 0.1) is 6.61 Å². The molecule has 1 unspecified atom stereocenters. The van der Waals surface area contributed by atoms with Gasteiger partial charge in [0, 0.05) is 18.0 Å². The van der Waals surface area contributed by atoms with Crippen molar-refractivity contribution >= 4 is 0 Å². The van der Waals surface area contributed by atoms with Crippen LogP contribution < -0.4 is 10.2 Å². The van der Waals surface area contributed by atoms with Crippen LogP contribution in [0.4, 0.5) is 0 Å². The van der Waals surface area contributed by atoms with Crippen molar-refractivity contribution in [3.8, 4) is 17.6 Å². The smallest absolute Gasteiger partial charge is 0.119 e. The summed E-state index contributed by atoms with van der Waals surface area (Å²) in [5, 5.41) is 9.66. The lowest BCUT2D eigenvalue weighted by Crippen LogP contribution is -2.41. The number of hydrogen-bond acceptors (Lipinski definition) is 3. The highest BCUT2D eigenvalue weighted by molar-refractivity contribution is 5.34. The summed E-state index contributed by atoms with van der Waals surface area (Å²) in [6.45, 7) is 6.87. The van der Waals surface area contributed by atoms with E-state index in [9.17, 15) is 5.21 Å². The molecule has 3 heteroatoms. The Hall–Kier alpha value is -2.28. The molecule has 0 aliphatic carbocycles. The predicted molar refractivity (Wildman–Crippen MR) is 102 cm³/mol. The Morgan fingerprint density at radius 1 is 1.08 bits per heavy atom. The third kappa shape index (κ3) is 5.94. The Bertz CT molecular complexity index is 696. The average molecular weight is 337 g/mol. The third-order valence-corrected chi connectivity index (χ3v) is 4.32. The molecule has 0 aliphatic rings. The van der Waals surface area contributed by atoms with E-state index in [-0.39, 0.29) is 11.5 Å². The Morgan fingerprint density at radius 3 is 2.36 bits per heavy atom. The van der Waals surface area contributed by atoms with E-state index in [4.69, 9.17) is 4.74 Å². The molecule has 0 saturated heterocycles. The van der Waals surface area contributed by atoms with E-state index in [0.717, 1.165) is 23.3 Å². The van der Waals surface area contributed by atoms with Gasteiger partial charge < -0.3 is 9.94 Å². The quantitative estimate of drug-likeness (QED) is 0.579. The molecule has 1 atom stereocenters. The maximum atomic E-state index is 9.66. The zero-order valence-corrected chi connectivity index (χ0v) is 15.3. The van der Waals surface area contributed by atoms with Gasteiger partial charge in [-0.3, -0.25) is 0 Å². The Balaban J connectivity index is 2.01. The number of benzene rings is 2. The maximum absolute atomic E-state index is 9.66. The summed E-state index contributed by atoms with van der Waals surface area (Å²) < 4.78 is 5.47. The second-order valence-corrected chi connectivity index (χ2v) is 6.80. The number of rotatable bonds is 7. The fourth-order valence-corrected chi connectivity index (χ4v) is 2.64. The summed E-state index contributed by atoms with van der Waals surface area (Å²) in [7, 11) is 0. The van der Waals surface area contributed by atoms with E-state index in [2.05, 4.69) is 31.2 Å². The van der Waals surface area contributed by atoms with Crippen molar-refractivity contribution in [3.05, 3.63) is 65.7 Å². The molecule has 132 valence electrons. The molecule has 0 fully saturated rings. The summed E-state index contributed by atoms with van der Waals surface area (Å²) in [5.41, 5.74) is 4.47. The molecule has 2 aromatic rings. The SMILES string of the molecule is CCOc1ccc(CC(NO)C(C)(C)CC#Cc2ccccc2)cc1. The van der Waals surface area contributed by atoms with Gasteiger partial charge in [0.15, 0.2) is 0 Å². The molecule has 25 heavy (non-hydrogen) atoms. The van der Waals surface area contributed by atoms with Crippen LogP contribution in [0.15, 0.2) is 54.6 Å². The van der Waals surface area contributed by atoms with Crippen LogP contribution in [0.3, 0.4) is 0 Å². The van der Waals surface area contributed by atoms with Crippen molar-refractivity contribution in [2.24, 2.45) is 5.41 Å². The highest BCUT2D eigenvalue weighted by Gasteiger charge is 2.28. The van der Waals surface area contributed by atoms with Crippen LogP contribution in [-0.2, 0) is 6.42 Å². The lowest BCUT2D eigenvalue weighted by Gasteiger charge is -2.32. The van der Waals surface area contributed by atoms with Gasteiger partial charge in [-0.25, -0.2) is 5.48 Å². The summed E-state index contributed by atoms with van der Waals surface area (Å²) in [6.07, 6.45) is 1.42. The van der Waals surface area contributed by atoms with Gasteiger partial charge in [0.1, 0.15) is 5.75 Å². The number of hydroxylamine groups is 1. The van der Waals surface area contributed by atoms with Crippen molar-refractivity contribution in [3.63, 3.8) is 0 Å². The standard InChI is InChI=1S/C22H27NO2/c1-4-25-20-14-12-19(13-15-20)17-21(23-24)22(2,3)16-8-11-18-9-6-5-7-10-18/h5-7,9-10,12-15,21,23-24H,4,16-17H2,1-3H3. The molecule has 0 bridgehead atoms. The van der Waals surface area contributed by atoms with E-state index in [1.165, 1.54) is 0 Å². The van der Waals surface area contributed by atoms with Gasteiger partial charge in [0.25, 0.3) is 0 Å². The molecular weight excluding hydrogens is 310 g/mol. The summed E-state index contributed by atoms with van der Waals surface area (Å²) in [5.74, 6) is 7.30. The van der Waals surface area contributed by atoms with E-state index < -0.39 is 0 Å². The van der Waals surface area contributed by atoms with Crippen LogP contribution in [0, 0.1) is 17.3 Å². The van der Waals surface area contributed by atoms with Crippen molar-refractivity contribution in [2.45, 2.75) is 39.7 Å². The molecular formula is C22H27NO2. The first-order valence-corrected chi connectivity index (χ1v) is 8.70. The summed E-state index contributed by atoms with van der Waals surface area (Å²) in [4.78, 5) is 0. The molecule has 2 aromatic carbocycles. The van der Waals surface area contributed by atoms with Crippen molar-refractivity contribution in [1.29, 1.82) is 0 Å². The van der Waals surface area contributed by atoms with Crippen molar-refractivity contribution in [2.75, 3.05) is 6.61 Å². The monoisotopic (exact) mass is 337 g/mol. The Morgan fingerprint density at radius 2 is 1.76 bits per heavy atom. The first-order valence-electron chi connectivity index (χ1n) is 8.70. The minimum atomic E-state index is -0.172. The van der Waals surface area contributed by atoms with E-state index in [0.29, 0.717) is 13.0 Å². The molecule has 0 amide bonds. The minimum absolute atomic E-state index is 0.0875. The van der Waals surface area contributed by atoms with Crippen LogP contribution in [-0.4, -0.2) is 17.9 Å². The molecule has 3 nitrogen and oxygen atoms in total. The maximum Gasteiger partial charge on any atom is 0.119 e. The molecule has 0 aliphatic heterocycles. The predicted octanol–water partition coefficient (Wildman–Crippen LogP) is 4.44. The Kier molecular flexibility index (Phi) is 7.06. The van der Waals surface area contributed by atoms with Crippen molar-refractivity contribution in [1.82, 2.24) is 5.48 Å². The fraction of sp³-hybridized carbons (Fsp3) is 0.364. The van der Waals surface area contributed by atoms with E-state index in [1.54, 1.807) is 0 Å². The molecule has 0 spiro atoms. The average Bonchev–Trinajstić information content (AvgIpc) is 2.62. The van der Waals surface area contributed by atoms with Crippen LogP contribution in [0.5, 0.6) is 5.75 Å². The van der Waals surface area contributed by atoms with Crippen molar-refractivity contribution < 1.29 is 9.94 Å². The van der Waals surface area contributed by atoms with E-state index >= 15 is 0 Å². The summed E-state index contributed by atoms with van der Waals surface area (Å²) in [6, 6.07) is 17.9. The normalized spacial score (nSPS) is 12.2. The van der Waals surface area contributed by atoms with E-state index in [1.807, 2.05) is 61.5 Å². The molecule has 2 N–H and O–H groups in total. The van der Waals surface area contributed by atoms with Crippen LogP contribution in [0.25, 0.3) is 0 Å². The zero-order chi connectivity index (χ0) is 18.1. The Labute approximate surface area is 151 Å². The third-order valence-electron chi connectivity index (χ3n) is 4.32. The number of hydrogen-bond donors (Lipinski definition) is 2. The lowest BCUT2D eigenvalue weighted by molar-refractivity contribution is 0.0662. The van der Waals surface area contributed by atoms with Gasteiger partial charge in [-0.05, 0) is 48.6 Å². The number of nitrogens with one attached hydrogen (secondary N) is 1.